The summed E-state index contributed by atoms with van der Waals surface area (Å²) in [6.07, 6.45) is 6.39. The highest BCUT2D eigenvalue weighted by molar-refractivity contribution is 5.85. The Morgan fingerprint density at radius 2 is 1.52 bits per heavy atom. The number of ether oxygens (including phenoxy) is 2. The minimum Gasteiger partial charge on any atom is -0.462 e. The van der Waals surface area contributed by atoms with Gasteiger partial charge in [0.25, 0.3) is 0 Å². The van der Waals surface area contributed by atoms with Crippen molar-refractivity contribution in [2.45, 2.75) is 105 Å². The predicted molar refractivity (Wildman–Crippen MR) is 215 cm³/mol. The van der Waals surface area contributed by atoms with E-state index in [9.17, 15) is 30.0 Å². The van der Waals surface area contributed by atoms with Gasteiger partial charge in [-0.15, -0.1) is 0 Å². The molecular formula is C45H63NO8. The van der Waals surface area contributed by atoms with E-state index in [0.29, 0.717) is 12.1 Å². The van der Waals surface area contributed by atoms with Crippen molar-refractivity contribution in [1.29, 1.82) is 0 Å². The van der Waals surface area contributed by atoms with E-state index in [0.717, 1.165) is 16.7 Å². The summed E-state index contributed by atoms with van der Waals surface area (Å²) < 4.78 is 11.4. The SMILES string of the molecule is C=C/C=C\[C@H](C)[C@H](OC(=O)Nc1ccc(-c2ccccc2)cc1)[C@@H](C)[C@H](O)[C@@H](C)C/C(C)=C\[C@H](C)[C@@H](O)C(C)/C=C\[C@@H](O)CC1OC(=O)[C@H](C)[C@@H](O)[C@H]1C. The van der Waals surface area contributed by atoms with Gasteiger partial charge in [0.2, 0.25) is 0 Å². The van der Waals surface area contributed by atoms with Crippen molar-refractivity contribution in [2.75, 3.05) is 5.32 Å². The number of carbonyl (C=O) groups is 2. The van der Waals surface area contributed by atoms with Crippen LogP contribution in [0.2, 0.25) is 0 Å². The lowest BCUT2D eigenvalue weighted by Crippen LogP contribution is -2.47. The van der Waals surface area contributed by atoms with Gasteiger partial charge < -0.3 is 29.9 Å². The number of cyclic esters (lactones) is 1. The van der Waals surface area contributed by atoms with Crippen LogP contribution in [-0.2, 0) is 14.3 Å². The third kappa shape index (κ3) is 12.8. The van der Waals surface area contributed by atoms with Crippen LogP contribution in [0.5, 0.6) is 0 Å². The van der Waals surface area contributed by atoms with Gasteiger partial charge in [-0.1, -0.05) is 133 Å². The van der Waals surface area contributed by atoms with Gasteiger partial charge in [-0.05, 0) is 49.4 Å². The van der Waals surface area contributed by atoms with E-state index in [4.69, 9.17) is 9.47 Å². The summed E-state index contributed by atoms with van der Waals surface area (Å²) in [6, 6.07) is 17.5. The van der Waals surface area contributed by atoms with E-state index in [2.05, 4.69) is 11.9 Å². The fourth-order valence-electron chi connectivity index (χ4n) is 7.31. The smallest absolute Gasteiger partial charge is 0.411 e. The van der Waals surface area contributed by atoms with Crippen LogP contribution in [0.3, 0.4) is 0 Å². The Morgan fingerprint density at radius 3 is 2.15 bits per heavy atom. The molecule has 1 heterocycles. The predicted octanol–water partition coefficient (Wildman–Crippen LogP) is 8.12. The first-order valence-corrected chi connectivity index (χ1v) is 19.2. The molecule has 0 aromatic heterocycles. The molecule has 9 nitrogen and oxygen atoms in total. The van der Waals surface area contributed by atoms with E-state index in [1.165, 1.54) is 0 Å². The van der Waals surface area contributed by atoms with Crippen molar-refractivity contribution in [1.82, 2.24) is 0 Å². The molecule has 1 saturated heterocycles. The second-order valence-electron chi connectivity index (χ2n) is 15.5. The van der Waals surface area contributed by atoms with Crippen LogP contribution >= 0.6 is 0 Å². The third-order valence-electron chi connectivity index (χ3n) is 10.8. The zero-order chi connectivity index (χ0) is 40.1. The van der Waals surface area contributed by atoms with E-state index in [1.54, 1.807) is 38.2 Å². The minimum atomic E-state index is -0.905. The number of nitrogens with one attached hydrogen (secondary N) is 1. The second kappa shape index (κ2) is 21.2. The minimum absolute atomic E-state index is 0.159. The van der Waals surface area contributed by atoms with E-state index >= 15 is 0 Å². The average molecular weight is 746 g/mol. The number of aliphatic hydroxyl groups is 4. The Labute approximate surface area is 322 Å². The monoisotopic (exact) mass is 745 g/mol. The molecule has 0 spiro atoms. The van der Waals surface area contributed by atoms with Crippen LogP contribution in [0.1, 0.15) is 68.2 Å². The number of esters is 1. The standard InChI is InChI=1S/C45H63NO8/c1-10-11-15-29(4)43(54-45(52)46-37-21-19-36(20-22-37)35-16-13-12-14-17-35)33(8)41(49)31(6)25-27(2)24-30(5)40(48)28(3)18-23-38(47)26-39-32(7)42(50)34(9)44(51)53-39/h10-24,28-34,38-43,47-50H,1,25-26H2,2-9H3,(H,46,52)/b15-11-,23-18-,27-24-/t28?,29-,30-,31-,32-,33-,34+,38+,39?,40-,41+,42-,43-/m0/s1. The van der Waals surface area contributed by atoms with Crippen molar-refractivity contribution in [3.05, 3.63) is 103 Å². The largest absolute Gasteiger partial charge is 0.462 e. The molecule has 0 bridgehead atoms. The van der Waals surface area contributed by atoms with Gasteiger partial charge in [0.1, 0.15) is 12.2 Å². The Bertz CT molecular complexity index is 1570. The molecule has 2 aromatic rings. The summed E-state index contributed by atoms with van der Waals surface area (Å²) in [6.45, 7) is 18.8. The van der Waals surface area contributed by atoms with Crippen molar-refractivity contribution >= 4 is 17.7 Å². The fourth-order valence-corrected chi connectivity index (χ4v) is 7.31. The number of carbonyl (C=O) groups excluding carboxylic acids is 2. The molecule has 1 amide bonds. The Kier molecular flexibility index (Phi) is 17.4. The number of hydrogen-bond acceptors (Lipinski definition) is 8. The summed E-state index contributed by atoms with van der Waals surface area (Å²) in [5.74, 6) is -2.66. The summed E-state index contributed by atoms with van der Waals surface area (Å²) in [4.78, 5) is 25.2. The molecule has 296 valence electrons. The maximum absolute atomic E-state index is 13.2. The molecule has 54 heavy (non-hydrogen) atoms. The van der Waals surface area contributed by atoms with Crippen LogP contribution < -0.4 is 5.32 Å². The summed E-state index contributed by atoms with van der Waals surface area (Å²) in [5, 5.41) is 46.4. The van der Waals surface area contributed by atoms with Gasteiger partial charge in [-0.25, -0.2) is 4.79 Å². The molecular weight excluding hydrogens is 682 g/mol. The highest BCUT2D eigenvalue weighted by atomic mass is 16.6. The van der Waals surface area contributed by atoms with Crippen molar-refractivity contribution < 1.29 is 39.5 Å². The van der Waals surface area contributed by atoms with E-state index in [-0.39, 0.29) is 36.0 Å². The topological polar surface area (TPSA) is 146 Å². The van der Waals surface area contributed by atoms with E-state index < -0.39 is 60.5 Å². The maximum Gasteiger partial charge on any atom is 0.411 e. The zero-order valence-corrected chi connectivity index (χ0v) is 33.2. The summed E-state index contributed by atoms with van der Waals surface area (Å²) in [7, 11) is 0. The molecule has 2 unspecified atom stereocenters. The number of benzene rings is 2. The van der Waals surface area contributed by atoms with Crippen LogP contribution in [-0.4, -0.2) is 69.1 Å². The van der Waals surface area contributed by atoms with Gasteiger partial charge in [0.05, 0.1) is 30.3 Å². The molecule has 2 aromatic carbocycles. The lowest BCUT2D eigenvalue weighted by atomic mass is 9.81. The number of aliphatic hydroxyl groups excluding tert-OH is 4. The molecule has 3 rings (SSSR count). The molecule has 0 saturated carbocycles. The molecule has 9 heteroatoms. The third-order valence-corrected chi connectivity index (χ3v) is 10.8. The summed E-state index contributed by atoms with van der Waals surface area (Å²) >= 11 is 0. The second-order valence-corrected chi connectivity index (χ2v) is 15.5. The number of allylic oxidation sites excluding steroid dienone is 3. The number of amides is 1. The zero-order valence-electron chi connectivity index (χ0n) is 33.2. The number of rotatable bonds is 18. The van der Waals surface area contributed by atoms with Gasteiger partial charge in [0, 0.05) is 41.7 Å². The lowest BCUT2D eigenvalue weighted by molar-refractivity contribution is -0.179. The Balaban J connectivity index is 1.58. The van der Waals surface area contributed by atoms with Crippen LogP contribution in [0, 0.1) is 41.4 Å². The lowest BCUT2D eigenvalue weighted by Gasteiger charge is -2.36. The first-order valence-electron chi connectivity index (χ1n) is 19.2. The first-order chi connectivity index (χ1) is 25.5. The fraction of sp³-hybridized carbons (Fsp3) is 0.511. The van der Waals surface area contributed by atoms with Gasteiger partial charge >= 0.3 is 12.1 Å². The van der Waals surface area contributed by atoms with Crippen molar-refractivity contribution in [3.8, 4) is 11.1 Å². The summed E-state index contributed by atoms with van der Waals surface area (Å²) in [5.41, 5.74) is 3.72. The Morgan fingerprint density at radius 1 is 0.889 bits per heavy atom. The van der Waals surface area contributed by atoms with Crippen LogP contribution in [0.25, 0.3) is 11.1 Å². The maximum atomic E-state index is 13.2. The number of anilines is 1. The molecule has 1 fully saturated rings. The molecule has 5 N–H and O–H groups in total. The van der Waals surface area contributed by atoms with Crippen LogP contribution in [0.4, 0.5) is 10.5 Å². The normalized spacial score (nSPS) is 24.4. The highest BCUT2D eigenvalue weighted by Gasteiger charge is 2.41. The average Bonchev–Trinajstić information content (AvgIpc) is 3.15. The van der Waals surface area contributed by atoms with E-state index in [1.807, 2.05) is 108 Å². The van der Waals surface area contributed by atoms with Crippen molar-refractivity contribution in [3.63, 3.8) is 0 Å². The Hall–Kier alpha value is -4.02. The molecule has 0 aliphatic carbocycles. The molecule has 0 radical (unpaired) electrons. The molecule has 13 atom stereocenters. The van der Waals surface area contributed by atoms with Crippen molar-refractivity contribution in [2.24, 2.45) is 41.4 Å². The highest BCUT2D eigenvalue weighted by Crippen LogP contribution is 2.31. The molecule has 1 aliphatic heterocycles. The molecule has 1 aliphatic rings. The quantitative estimate of drug-likeness (QED) is 0.0585. The van der Waals surface area contributed by atoms with Gasteiger partial charge in [0.15, 0.2) is 0 Å². The van der Waals surface area contributed by atoms with Gasteiger partial charge in [-0.3, -0.25) is 10.1 Å². The van der Waals surface area contributed by atoms with Gasteiger partial charge in [-0.2, -0.15) is 0 Å². The number of hydrogen-bond donors (Lipinski definition) is 5. The first kappa shape index (κ1) is 44.4. The van der Waals surface area contributed by atoms with Crippen LogP contribution in [0.15, 0.2) is 103 Å².